The number of carbonyl (C=O) groups is 1. The second kappa shape index (κ2) is 5.04. The van der Waals surface area contributed by atoms with Crippen molar-refractivity contribution in [2.75, 3.05) is 6.54 Å². The number of phenols is 1. The Kier molecular flexibility index (Phi) is 3.22. The molecule has 1 aromatic heterocycles. The van der Waals surface area contributed by atoms with E-state index in [1.54, 1.807) is 6.07 Å². The normalized spacial score (nSPS) is 12.7. The molecule has 0 fully saturated rings. The SMILES string of the molecule is CC(=O)NCCn1ccc2c1-c1ccc(O)cc1CC2. The van der Waals surface area contributed by atoms with Crippen LogP contribution >= 0.6 is 0 Å². The van der Waals surface area contributed by atoms with Crippen molar-refractivity contribution in [2.24, 2.45) is 0 Å². The Morgan fingerprint density at radius 2 is 2.10 bits per heavy atom. The number of fused-ring (bicyclic) bond motifs is 3. The summed E-state index contributed by atoms with van der Waals surface area (Å²) < 4.78 is 2.18. The highest BCUT2D eigenvalue weighted by atomic mass is 16.3. The molecule has 1 aliphatic carbocycles. The molecule has 0 radical (unpaired) electrons. The van der Waals surface area contributed by atoms with E-state index in [1.165, 1.54) is 29.3 Å². The number of aryl methyl sites for hydroxylation is 2. The second-order valence-corrected chi connectivity index (χ2v) is 5.21. The van der Waals surface area contributed by atoms with Gasteiger partial charge >= 0.3 is 0 Å². The quantitative estimate of drug-likeness (QED) is 0.897. The summed E-state index contributed by atoms with van der Waals surface area (Å²) in [6.45, 7) is 2.92. The number of phenolic OH excluding ortho intramolecular Hbond substituents is 1. The van der Waals surface area contributed by atoms with E-state index in [4.69, 9.17) is 0 Å². The average Bonchev–Trinajstić information content (AvgIpc) is 2.81. The van der Waals surface area contributed by atoms with Gasteiger partial charge in [0.25, 0.3) is 0 Å². The first kappa shape index (κ1) is 12.8. The lowest BCUT2D eigenvalue weighted by atomic mass is 9.90. The van der Waals surface area contributed by atoms with Crippen molar-refractivity contribution in [1.29, 1.82) is 0 Å². The Morgan fingerprint density at radius 3 is 2.90 bits per heavy atom. The van der Waals surface area contributed by atoms with Gasteiger partial charge in [0.2, 0.25) is 5.91 Å². The molecule has 0 bridgehead atoms. The molecule has 0 spiro atoms. The number of aromatic hydroxyl groups is 1. The lowest BCUT2D eigenvalue weighted by molar-refractivity contribution is -0.118. The molecule has 20 heavy (non-hydrogen) atoms. The van der Waals surface area contributed by atoms with Crippen molar-refractivity contribution < 1.29 is 9.90 Å². The number of rotatable bonds is 3. The third-order valence-corrected chi connectivity index (χ3v) is 3.78. The highest BCUT2D eigenvalue weighted by molar-refractivity contribution is 5.73. The molecule has 0 saturated heterocycles. The summed E-state index contributed by atoms with van der Waals surface area (Å²) in [6, 6.07) is 7.72. The van der Waals surface area contributed by atoms with Gasteiger partial charge < -0.3 is 15.0 Å². The summed E-state index contributed by atoms with van der Waals surface area (Å²) in [5.74, 6) is 0.319. The minimum atomic E-state index is -0.00338. The van der Waals surface area contributed by atoms with Crippen LogP contribution in [0.4, 0.5) is 0 Å². The van der Waals surface area contributed by atoms with Gasteiger partial charge in [-0.15, -0.1) is 0 Å². The van der Waals surface area contributed by atoms with Gasteiger partial charge in [0.1, 0.15) is 5.75 Å². The topological polar surface area (TPSA) is 54.3 Å². The van der Waals surface area contributed by atoms with Gasteiger partial charge in [0, 0.05) is 31.8 Å². The largest absolute Gasteiger partial charge is 0.508 e. The van der Waals surface area contributed by atoms with Gasteiger partial charge in [-0.2, -0.15) is 0 Å². The van der Waals surface area contributed by atoms with E-state index in [0.29, 0.717) is 12.3 Å². The number of benzene rings is 1. The summed E-state index contributed by atoms with van der Waals surface area (Å²) in [7, 11) is 0. The summed E-state index contributed by atoms with van der Waals surface area (Å²) >= 11 is 0. The molecular formula is C16H18N2O2. The van der Waals surface area contributed by atoms with E-state index in [0.717, 1.165) is 19.4 Å². The first-order chi connectivity index (χ1) is 9.65. The molecule has 4 nitrogen and oxygen atoms in total. The molecule has 0 unspecified atom stereocenters. The van der Waals surface area contributed by atoms with Gasteiger partial charge in [-0.25, -0.2) is 0 Å². The number of aromatic nitrogens is 1. The van der Waals surface area contributed by atoms with Gasteiger partial charge in [-0.05, 0) is 48.2 Å². The van der Waals surface area contributed by atoms with Gasteiger partial charge in [-0.1, -0.05) is 0 Å². The third-order valence-electron chi connectivity index (χ3n) is 3.78. The lowest BCUT2D eigenvalue weighted by Crippen LogP contribution is -2.24. The fourth-order valence-electron chi connectivity index (χ4n) is 2.87. The number of carbonyl (C=O) groups excluding carboxylic acids is 1. The lowest BCUT2D eigenvalue weighted by Gasteiger charge is -2.20. The van der Waals surface area contributed by atoms with Gasteiger partial charge in [0.15, 0.2) is 0 Å². The van der Waals surface area contributed by atoms with Crippen LogP contribution in [0.15, 0.2) is 30.5 Å². The van der Waals surface area contributed by atoms with Gasteiger partial charge in [-0.3, -0.25) is 4.79 Å². The Hall–Kier alpha value is -2.23. The summed E-state index contributed by atoms with van der Waals surface area (Å²) in [6.07, 6.45) is 4.04. The Balaban J connectivity index is 1.92. The predicted octanol–water partition coefficient (Wildman–Crippen LogP) is 2.10. The van der Waals surface area contributed by atoms with Crippen LogP contribution in [0.25, 0.3) is 11.3 Å². The third kappa shape index (κ3) is 2.29. The zero-order chi connectivity index (χ0) is 14.1. The zero-order valence-electron chi connectivity index (χ0n) is 11.5. The first-order valence-electron chi connectivity index (χ1n) is 6.90. The molecule has 2 N–H and O–H groups in total. The molecule has 1 heterocycles. The molecule has 4 heteroatoms. The van der Waals surface area contributed by atoms with Crippen LogP contribution in [0.1, 0.15) is 18.1 Å². The molecule has 1 aromatic carbocycles. The van der Waals surface area contributed by atoms with Crippen LogP contribution in [0.2, 0.25) is 0 Å². The van der Waals surface area contributed by atoms with Crippen molar-refractivity contribution in [3.05, 3.63) is 41.6 Å². The monoisotopic (exact) mass is 270 g/mol. The van der Waals surface area contributed by atoms with Crippen LogP contribution in [0.3, 0.4) is 0 Å². The first-order valence-corrected chi connectivity index (χ1v) is 6.90. The van der Waals surface area contributed by atoms with E-state index in [1.807, 2.05) is 12.1 Å². The van der Waals surface area contributed by atoms with Crippen LogP contribution in [-0.2, 0) is 24.2 Å². The molecule has 0 saturated carbocycles. The van der Waals surface area contributed by atoms with E-state index >= 15 is 0 Å². The van der Waals surface area contributed by atoms with E-state index in [9.17, 15) is 9.90 Å². The van der Waals surface area contributed by atoms with Crippen LogP contribution in [-0.4, -0.2) is 22.1 Å². The minimum Gasteiger partial charge on any atom is -0.508 e. The maximum atomic E-state index is 10.9. The number of hydrogen-bond donors (Lipinski definition) is 2. The fourth-order valence-corrected chi connectivity index (χ4v) is 2.87. The van der Waals surface area contributed by atoms with Crippen LogP contribution in [0, 0.1) is 0 Å². The Morgan fingerprint density at radius 1 is 1.30 bits per heavy atom. The highest BCUT2D eigenvalue weighted by Gasteiger charge is 2.19. The van der Waals surface area contributed by atoms with Gasteiger partial charge in [0.05, 0.1) is 5.69 Å². The van der Waals surface area contributed by atoms with Crippen molar-refractivity contribution in [2.45, 2.75) is 26.3 Å². The predicted molar refractivity (Wildman–Crippen MR) is 77.6 cm³/mol. The number of hydrogen-bond acceptors (Lipinski definition) is 2. The molecule has 2 aromatic rings. The maximum Gasteiger partial charge on any atom is 0.216 e. The maximum absolute atomic E-state index is 10.9. The van der Waals surface area contributed by atoms with Crippen LogP contribution in [0.5, 0.6) is 5.75 Å². The number of nitrogens with zero attached hydrogens (tertiary/aromatic N) is 1. The van der Waals surface area contributed by atoms with Crippen molar-refractivity contribution in [1.82, 2.24) is 9.88 Å². The van der Waals surface area contributed by atoms with Crippen LogP contribution < -0.4 is 5.32 Å². The summed E-state index contributed by atoms with van der Waals surface area (Å²) in [4.78, 5) is 10.9. The molecule has 1 amide bonds. The standard InChI is InChI=1S/C16H18N2O2/c1-11(19)17-7-9-18-8-6-12-2-3-13-10-14(20)4-5-15(13)16(12)18/h4-6,8,10,20H,2-3,7,9H2,1H3,(H,17,19). The highest BCUT2D eigenvalue weighted by Crippen LogP contribution is 2.35. The van der Waals surface area contributed by atoms with Crippen molar-refractivity contribution in [3.63, 3.8) is 0 Å². The average molecular weight is 270 g/mol. The smallest absolute Gasteiger partial charge is 0.216 e. The fraction of sp³-hybridized carbons (Fsp3) is 0.312. The van der Waals surface area contributed by atoms with E-state index < -0.39 is 0 Å². The molecule has 104 valence electrons. The van der Waals surface area contributed by atoms with E-state index in [-0.39, 0.29) is 5.91 Å². The molecule has 3 rings (SSSR count). The number of amides is 1. The Bertz CT molecular complexity index is 658. The molecule has 0 atom stereocenters. The summed E-state index contributed by atoms with van der Waals surface area (Å²) in [5.41, 5.74) is 4.94. The van der Waals surface area contributed by atoms with Crippen molar-refractivity contribution in [3.8, 4) is 17.0 Å². The molecule has 1 aliphatic rings. The molecular weight excluding hydrogens is 252 g/mol. The zero-order valence-corrected chi connectivity index (χ0v) is 11.5. The minimum absolute atomic E-state index is 0.00338. The Labute approximate surface area is 118 Å². The second-order valence-electron chi connectivity index (χ2n) is 5.21. The number of nitrogens with one attached hydrogen (secondary N) is 1. The molecule has 0 aliphatic heterocycles. The van der Waals surface area contributed by atoms with Crippen molar-refractivity contribution >= 4 is 5.91 Å². The summed E-state index contributed by atoms with van der Waals surface area (Å²) in [5, 5.41) is 12.4. The van der Waals surface area contributed by atoms with E-state index in [2.05, 4.69) is 22.1 Å².